The van der Waals surface area contributed by atoms with Gasteiger partial charge in [0.25, 0.3) is 0 Å². The van der Waals surface area contributed by atoms with Crippen molar-refractivity contribution in [2.75, 3.05) is 0 Å². The monoisotopic (exact) mass is 147 g/mol. The molecule has 1 heterocycles. The molecule has 0 bridgehead atoms. The molecule has 0 unspecified atom stereocenters. The molecule has 0 spiro atoms. The summed E-state index contributed by atoms with van der Waals surface area (Å²) in [5.41, 5.74) is 0.646. The van der Waals surface area contributed by atoms with Gasteiger partial charge in [0.15, 0.2) is 5.78 Å². The molecule has 1 rings (SSSR count). The summed E-state index contributed by atoms with van der Waals surface area (Å²) in [5.74, 6) is 0.0631. The van der Waals surface area contributed by atoms with Crippen LogP contribution in [0, 0.1) is 0 Å². The number of allylic oxidation sites excluding steroid dienone is 1. The molecule has 0 N–H and O–H groups in total. The molecule has 0 amide bonds. The highest BCUT2D eigenvalue weighted by Gasteiger charge is 2.00. The minimum absolute atomic E-state index is 0.0631. The van der Waals surface area contributed by atoms with Crippen molar-refractivity contribution in [3.63, 3.8) is 0 Å². The molecule has 0 aromatic carbocycles. The molecule has 0 saturated heterocycles. The number of nitrogens with zero attached hydrogens (tertiary/aromatic N) is 1. The Labute approximate surface area is 65.6 Å². The Hall–Kier alpha value is -1.44. The molecular formula is C9H9NO. The maximum absolute atomic E-state index is 11.1. The fraction of sp³-hybridized carbons (Fsp3) is 0.111. The van der Waals surface area contributed by atoms with Crippen LogP contribution in [0.5, 0.6) is 0 Å². The third-order valence-electron chi connectivity index (χ3n) is 1.31. The molecule has 2 heteroatoms. The van der Waals surface area contributed by atoms with Crippen molar-refractivity contribution in [2.45, 2.75) is 6.42 Å². The normalized spacial score (nSPS) is 9.09. The highest BCUT2D eigenvalue weighted by Crippen LogP contribution is 2.00. The lowest BCUT2D eigenvalue weighted by Crippen LogP contribution is -1.96. The molecule has 0 fully saturated rings. The maximum Gasteiger partial charge on any atom is 0.168 e. The topological polar surface area (TPSA) is 30.0 Å². The largest absolute Gasteiger partial charge is 0.294 e. The number of rotatable bonds is 3. The third kappa shape index (κ3) is 2.00. The zero-order valence-electron chi connectivity index (χ0n) is 6.16. The number of carbonyl (C=O) groups is 1. The highest BCUT2D eigenvalue weighted by atomic mass is 16.1. The summed E-state index contributed by atoms with van der Waals surface area (Å²) in [6.45, 7) is 3.48. The van der Waals surface area contributed by atoms with Crippen LogP contribution in [0.1, 0.15) is 16.8 Å². The Balaban J connectivity index is 2.77. The van der Waals surface area contributed by atoms with Crippen LogP contribution < -0.4 is 0 Å². The molecule has 0 aliphatic rings. The third-order valence-corrected chi connectivity index (χ3v) is 1.31. The van der Waals surface area contributed by atoms with Crippen LogP contribution in [-0.2, 0) is 0 Å². The summed E-state index contributed by atoms with van der Waals surface area (Å²) < 4.78 is 0. The van der Waals surface area contributed by atoms with Crippen molar-refractivity contribution in [1.82, 2.24) is 4.98 Å². The molecule has 0 saturated carbocycles. The lowest BCUT2D eigenvalue weighted by Gasteiger charge is -1.93. The molecule has 1 aromatic heterocycles. The van der Waals surface area contributed by atoms with Crippen LogP contribution in [0.15, 0.2) is 37.2 Å². The van der Waals surface area contributed by atoms with Crippen molar-refractivity contribution in [3.05, 3.63) is 42.7 Å². The fourth-order valence-corrected chi connectivity index (χ4v) is 0.777. The van der Waals surface area contributed by atoms with Crippen molar-refractivity contribution in [3.8, 4) is 0 Å². The van der Waals surface area contributed by atoms with Gasteiger partial charge < -0.3 is 0 Å². The van der Waals surface area contributed by atoms with Gasteiger partial charge in [0.05, 0.1) is 0 Å². The molecule has 2 nitrogen and oxygen atoms in total. The second-order valence-electron chi connectivity index (χ2n) is 2.16. The van der Waals surface area contributed by atoms with Gasteiger partial charge in [-0.15, -0.1) is 6.58 Å². The quantitative estimate of drug-likeness (QED) is 0.482. The van der Waals surface area contributed by atoms with E-state index < -0.39 is 0 Å². The van der Waals surface area contributed by atoms with Crippen molar-refractivity contribution < 1.29 is 4.79 Å². The van der Waals surface area contributed by atoms with Crippen LogP contribution in [0.4, 0.5) is 0 Å². The van der Waals surface area contributed by atoms with Crippen molar-refractivity contribution >= 4 is 5.78 Å². The molecule has 0 radical (unpaired) electrons. The van der Waals surface area contributed by atoms with Gasteiger partial charge in [-0.3, -0.25) is 9.78 Å². The van der Waals surface area contributed by atoms with Gasteiger partial charge in [-0.25, -0.2) is 0 Å². The number of pyridine rings is 1. The predicted octanol–water partition coefficient (Wildman–Crippen LogP) is 1.84. The average Bonchev–Trinajstić information content (AvgIpc) is 2.07. The van der Waals surface area contributed by atoms with Gasteiger partial charge in [-0.2, -0.15) is 0 Å². The second kappa shape index (κ2) is 3.66. The molecule has 0 aliphatic carbocycles. The summed E-state index contributed by atoms with van der Waals surface area (Å²) in [6.07, 6.45) is 5.18. The minimum atomic E-state index is 0.0631. The minimum Gasteiger partial charge on any atom is -0.294 e. The average molecular weight is 147 g/mol. The van der Waals surface area contributed by atoms with Gasteiger partial charge in [0, 0.05) is 24.4 Å². The Bertz CT molecular complexity index is 254. The fourth-order valence-electron chi connectivity index (χ4n) is 0.777. The van der Waals surface area contributed by atoms with Crippen LogP contribution in [0.3, 0.4) is 0 Å². The molecular weight excluding hydrogens is 138 g/mol. The van der Waals surface area contributed by atoms with Crippen LogP contribution in [0.25, 0.3) is 0 Å². The summed E-state index contributed by atoms with van der Waals surface area (Å²) in [5, 5.41) is 0. The zero-order chi connectivity index (χ0) is 8.10. The molecule has 56 valence electrons. The van der Waals surface area contributed by atoms with E-state index in [9.17, 15) is 4.79 Å². The van der Waals surface area contributed by atoms with E-state index in [0.717, 1.165) is 0 Å². The van der Waals surface area contributed by atoms with Crippen LogP contribution in [0.2, 0.25) is 0 Å². The molecule has 11 heavy (non-hydrogen) atoms. The molecule has 1 aromatic rings. The summed E-state index contributed by atoms with van der Waals surface area (Å²) in [6, 6.07) is 3.50. The van der Waals surface area contributed by atoms with E-state index in [4.69, 9.17) is 0 Å². The number of carbonyl (C=O) groups excluding carboxylic acids is 1. The Morgan fingerprint density at radius 2 is 2.55 bits per heavy atom. The summed E-state index contributed by atoms with van der Waals surface area (Å²) >= 11 is 0. The first kappa shape index (κ1) is 7.66. The number of aromatic nitrogens is 1. The van der Waals surface area contributed by atoms with Crippen molar-refractivity contribution in [1.29, 1.82) is 0 Å². The Morgan fingerprint density at radius 3 is 3.09 bits per heavy atom. The highest BCUT2D eigenvalue weighted by molar-refractivity contribution is 5.96. The van der Waals surface area contributed by atoms with Crippen molar-refractivity contribution in [2.24, 2.45) is 0 Å². The predicted molar refractivity (Wildman–Crippen MR) is 43.4 cm³/mol. The standard InChI is InChI=1S/C9H9NO/c1-2-4-9(11)8-5-3-6-10-7-8/h2-3,5-7H,1,4H2. The lowest BCUT2D eigenvalue weighted by molar-refractivity contribution is 0.0995. The summed E-state index contributed by atoms with van der Waals surface area (Å²) in [7, 11) is 0. The van der Waals surface area contributed by atoms with Gasteiger partial charge in [-0.1, -0.05) is 6.08 Å². The first-order valence-electron chi connectivity index (χ1n) is 3.38. The first-order chi connectivity index (χ1) is 5.34. The number of Topliss-reactive ketones (excluding diaryl/α,β-unsaturated/α-hetero) is 1. The van der Waals surface area contributed by atoms with E-state index in [-0.39, 0.29) is 5.78 Å². The summed E-state index contributed by atoms with van der Waals surface area (Å²) in [4.78, 5) is 15.0. The van der Waals surface area contributed by atoms with E-state index in [1.54, 1.807) is 30.6 Å². The Kier molecular flexibility index (Phi) is 2.55. The van der Waals surface area contributed by atoms with Gasteiger partial charge in [0.2, 0.25) is 0 Å². The Morgan fingerprint density at radius 1 is 1.73 bits per heavy atom. The van der Waals surface area contributed by atoms with E-state index in [1.165, 1.54) is 0 Å². The first-order valence-corrected chi connectivity index (χ1v) is 3.38. The number of hydrogen-bond acceptors (Lipinski definition) is 2. The van der Waals surface area contributed by atoms with Gasteiger partial charge in [0.1, 0.15) is 0 Å². The van der Waals surface area contributed by atoms with Gasteiger partial charge >= 0.3 is 0 Å². The second-order valence-corrected chi connectivity index (χ2v) is 2.16. The lowest BCUT2D eigenvalue weighted by atomic mass is 10.1. The maximum atomic E-state index is 11.1. The SMILES string of the molecule is C=CCC(=O)c1cccnc1. The number of hydrogen-bond donors (Lipinski definition) is 0. The van der Waals surface area contributed by atoms with E-state index in [2.05, 4.69) is 11.6 Å². The number of ketones is 1. The van der Waals surface area contributed by atoms with E-state index >= 15 is 0 Å². The van der Waals surface area contributed by atoms with E-state index in [0.29, 0.717) is 12.0 Å². The molecule has 0 atom stereocenters. The van der Waals surface area contributed by atoms with Gasteiger partial charge in [-0.05, 0) is 12.1 Å². The van der Waals surface area contributed by atoms with Crippen LogP contribution >= 0.6 is 0 Å². The van der Waals surface area contributed by atoms with E-state index in [1.807, 2.05) is 0 Å². The molecule has 0 aliphatic heterocycles. The van der Waals surface area contributed by atoms with Crippen LogP contribution in [-0.4, -0.2) is 10.8 Å². The smallest absolute Gasteiger partial charge is 0.168 e. The zero-order valence-corrected chi connectivity index (χ0v) is 6.16.